The molecule has 5 nitrogen and oxygen atoms in total. The molecule has 1 aliphatic rings. The Morgan fingerprint density at radius 2 is 1.89 bits per heavy atom. The van der Waals surface area contributed by atoms with Crippen LogP contribution >= 0.6 is 0 Å². The second-order valence-electron chi connectivity index (χ2n) is 4.69. The van der Waals surface area contributed by atoms with Gasteiger partial charge in [-0.2, -0.15) is 0 Å². The Bertz CT molecular complexity index is 216. The van der Waals surface area contributed by atoms with Crippen molar-refractivity contribution in [3.05, 3.63) is 0 Å². The van der Waals surface area contributed by atoms with E-state index in [0.29, 0.717) is 19.3 Å². The summed E-state index contributed by atoms with van der Waals surface area (Å²) < 4.78 is 21.9. The van der Waals surface area contributed by atoms with Crippen LogP contribution in [0, 0.1) is 0 Å². The molecule has 1 saturated carbocycles. The summed E-state index contributed by atoms with van der Waals surface area (Å²) >= 11 is 0. The zero-order valence-corrected chi connectivity index (χ0v) is 12.5. The van der Waals surface area contributed by atoms with Gasteiger partial charge in [-0.1, -0.05) is 6.92 Å². The number of hydrogen-bond acceptors (Lipinski definition) is 5. The minimum absolute atomic E-state index is 0.193. The van der Waals surface area contributed by atoms with Crippen molar-refractivity contribution in [1.82, 2.24) is 5.32 Å². The molecule has 0 amide bonds. The first-order chi connectivity index (χ1) is 9.33. The molecule has 0 radical (unpaired) electrons. The van der Waals surface area contributed by atoms with Crippen molar-refractivity contribution >= 4 is 0 Å². The van der Waals surface area contributed by atoms with E-state index in [4.69, 9.17) is 18.9 Å². The maximum absolute atomic E-state index is 5.80. The molecule has 1 aliphatic carbocycles. The van der Waals surface area contributed by atoms with Gasteiger partial charge in [0.25, 0.3) is 0 Å². The Kier molecular flexibility index (Phi) is 9.38. The monoisotopic (exact) mass is 275 g/mol. The van der Waals surface area contributed by atoms with E-state index < -0.39 is 0 Å². The lowest BCUT2D eigenvalue weighted by atomic mass is 9.85. The van der Waals surface area contributed by atoms with Crippen LogP contribution in [0.4, 0.5) is 0 Å². The topological polar surface area (TPSA) is 49.0 Å². The van der Waals surface area contributed by atoms with Crippen LogP contribution in [-0.4, -0.2) is 64.9 Å². The van der Waals surface area contributed by atoms with E-state index >= 15 is 0 Å². The van der Waals surface area contributed by atoms with Gasteiger partial charge in [0, 0.05) is 33.0 Å². The first kappa shape index (κ1) is 16.9. The van der Waals surface area contributed by atoms with Gasteiger partial charge >= 0.3 is 0 Å². The third kappa shape index (κ3) is 6.19. The number of methoxy groups -OCH3 is 1. The highest BCUT2D eigenvalue weighted by Gasteiger charge is 2.41. The number of ether oxygens (including phenoxy) is 4. The lowest BCUT2D eigenvalue weighted by Gasteiger charge is -2.44. The molecule has 0 heterocycles. The van der Waals surface area contributed by atoms with Crippen molar-refractivity contribution in [2.24, 2.45) is 0 Å². The van der Waals surface area contributed by atoms with E-state index in [1.54, 1.807) is 7.11 Å². The van der Waals surface area contributed by atoms with E-state index in [1.165, 1.54) is 0 Å². The molecule has 19 heavy (non-hydrogen) atoms. The smallest absolute Gasteiger partial charge is 0.0990 e. The molecule has 1 fully saturated rings. The minimum Gasteiger partial charge on any atom is -0.385 e. The van der Waals surface area contributed by atoms with E-state index in [9.17, 15) is 0 Å². The normalized spacial score (nSPS) is 26.4. The molecule has 0 bridgehead atoms. The van der Waals surface area contributed by atoms with E-state index in [-0.39, 0.29) is 12.2 Å². The van der Waals surface area contributed by atoms with Crippen molar-refractivity contribution < 1.29 is 18.9 Å². The standard InChI is InChI=1S/C14H29NO4/c1-4-15-12-11-13(14(12)18-5-2)19-10-9-17-8-6-7-16-3/h12-15H,4-11H2,1-3H3. The number of rotatable bonds is 12. The fourth-order valence-electron chi connectivity index (χ4n) is 2.29. The summed E-state index contributed by atoms with van der Waals surface area (Å²) in [6.07, 6.45) is 2.37. The van der Waals surface area contributed by atoms with Crippen LogP contribution < -0.4 is 5.32 Å². The molecular formula is C14H29NO4. The SMILES string of the molecule is CCNC1CC(OCCOCCCOC)C1OCC. The van der Waals surface area contributed by atoms with Gasteiger partial charge < -0.3 is 24.3 Å². The summed E-state index contributed by atoms with van der Waals surface area (Å²) in [6, 6.07) is 0.442. The van der Waals surface area contributed by atoms with Crippen LogP contribution in [0.3, 0.4) is 0 Å². The molecule has 0 aromatic heterocycles. The molecule has 0 aromatic carbocycles. The van der Waals surface area contributed by atoms with Gasteiger partial charge in [-0.15, -0.1) is 0 Å². The second-order valence-corrected chi connectivity index (χ2v) is 4.69. The van der Waals surface area contributed by atoms with Crippen molar-refractivity contribution in [1.29, 1.82) is 0 Å². The maximum Gasteiger partial charge on any atom is 0.0990 e. The van der Waals surface area contributed by atoms with Crippen LogP contribution in [0.5, 0.6) is 0 Å². The van der Waals surface area contributed by atoms with Gasteiger partial charge in [-0.05, 0) is 26.3 Å². The zero-order chi connectivity index (χ0) is 13.9. The molecule has 0 spiro atoms. The molecular weight excluding hydrogens is 246 g/mol. The molecule has 0 saturated heterocycles. The van der Waals surface area contributed by atoms with E-state index in [0.717, 1.165) is 39.2 Å². The number of hydrogen-bond donors (Lipinski definition) is 1. The largest absolute Gasteiger partial charge is 0.385 e. The van der Waals surface area contributed by atoms with Gasteiger partial charge in [0.1, 0.15) is 0 Å². The summed E-state index contributed by atoms with van der Waals surface area (Å²) in [6.45, 7) is 8.62. The van der Waals surface area contributed by atoms with Gasteiger partial charge in [0.15, 0.2) is 0 Å². The molecule has 114 valence electrons. The Morgan fingerprint density at radius 3 is 2.58 bits per heavy atom. The Hall–Kier alpha value is -0.200. The highest BCUT2D eigenvalue weighted by Crippen LogP contribution is 2.27. The van der Waals surface area contributed by atoms with Crippen LogP contribution in [0.15, 0.2) is 0 Å². The van der Waals surface area contributed by atoms with Crippen molar-refractivity contribution in [3.8, 4) is 0 Å². The van der Waals surface area contributed by atoms with E-state index in [1.807, 2.05) is 6.92 Å². The highest BCUT2D eigenvalue weighted by molar-refractivity contribution is 4.97. The quantitative estimate of drug-likeness (QED) is 0.543. The third-order valence-corrected chi connectivity index (χ3v) is 3.27. The fraction of sp³-hybridized carbons (Fsp3) is 1.00. The second kappa shape index (κ2) is 10.6. The highest BCUT2D eigenvalue weighted by atomic mass is 16.6. The van der Waals surface area contributed by atoms with Gasteiger partial charge in [0.05, 0.1) is 25.4 Å². The van der Waals surface area contributed by atoms with Crippen LogP contribution in [-0.2, 0) is 18.9 Å². The zero-order valence-electron chi connectivity index (χ0n) is 12.5. The third-order valence-electron chi connectivity index (χ3n) is 3.27. The molecule has 0 aromatic rings. The first-order valence-electron chi connectivity index (χ1n) is 7.36. The van der Waals surface area contributed by atoms with Crippen molar-refractivity contribution in [2.75, 3.05) is 46.7 Å². The Balaban J connectivity index is 2.02. The predicted molar refractivity (Wildman–Crippen MR) is 74.5 cm³/mol. The summed E-state index contributed by atoms with van der Waals surface area (Å²) in [7, 11) is 1.70. The lowest BCUT2D eigenvalue weighted by Crippen LogP contribution is -2.60. The number of nitrogens with one attached hydrogen (secondary N) is 1. The van der Waals surface area contributed by atoms with Gasteiger partial charge in [-0.3, -0.25) is 0 Å². The Morgan fingerprint density at radius 1 is 1.05 bits per heavy atom. The molecule has 3 unspecified atom stereocenters. The van der Waals surface area contributed by atoms with Crippen LogP contribution in [0.1, 0.15) is 26.7 Å². The summed E-state index contributed by atoms with van der Waals surface area (Å²) in [5.74, 6) is 0. The van der Waals surface area contributed by atoms with Crippen LogP contribution in [0.2, 0.25) is 0 Å². The average Bonchev–Trinajstić information content (AvgIpc) is 2.41. The number of likely N-dealkylation sites (N-methyl/N-ethyl adjacent to an activating group) is 1. The fourth-order valence-corrected chi connectivity index (χ4v) is 2.29. The minimum atomic E-state index is 0.193. The van der Waals surface area contributed by atoms with Gasteiger partial charge in [-0.25, -0.2) is 0 Å². The van der Waals surface area contributed by atoms with Crippen molar-refractivity contribution in [3.63, 3.8) is 0 Å². The Labute approximate surface area is 116 Å². The summed E-state index contributed by atoms with van der Waals surface area (Å²) in [5.41, 5.74) is 0. The average molecular weight is 275 g/mol. The molecule has 1 rings (SSSR count). The predicted octanol–water partition coefficient (Wildman–Crippen LogP) is 1.21. The van der Waals surface area contributed by atoms with Crippen LogP contribution in [0.25, 0.3) is 0 Å². The molecule has 5 heteroatoms. The molecule has 1 N–H and O–H groups in total. The molecule has 3 atom stereocenters. The summed E-state index contributed by atoms with van der Waals surface area (Å²) in [4.78, 5) is 0. The lowest BCUT2D eigenvalue weighted by molar-refractivity contribution is -0.150. The van der Waals surface area contributed by atoms with Crippen molar-refractivity contribution in [2.45, 2.75) is 44.9 Å². The molecule has 0 aliphatic heterocycles. The maximum atomic E-state index is 5.80. The van der Waals surface area contributed by atoms with Gasteiger partial charge in [0.2, 0.25) is 0 Å². The summed E-state index contributed by atoms with van der Waals surface area (Å²) in [5, 5.41) is 3.42. The first-order valence-corrected chi connectivity index (χ1v) is 7.36. The van der Waals surface area contributed by atoms with E-state index in [2.05, 4.69) is 12.2 Å².